The molecule has 2 aromatic rings. The monoisotopic (exact) mass is 398 g/mol. The van der Waals surface area contributed by atoms with Gasteiger partial charge in [-0.15, -0.1) is 24.0 Å². The molecule has 1 aliphatic heterocycles. The molecule has 0 radical (unpaired) electrons. The largest absolute Gasteiger partial charge is 0.361 e. The Labute approximate surface area is 143 Å². The third-order valence-corrected chi connectivity index (χ3v) is 3.97. The van der Waals surface area contributed by atoms with Crippen LogP contribution in [0.3, 0.4) is 0 Å². The standard InChI is InChI=1S/C16H22N4.HI/c1-17-16(20-10-4-5-11-20)18-9-8-13-12-19-15-7-3-2-6-14(13)15;/h2-3,6-7,12,19H,4-5,8-11H2,1H3,(H,17,18);1H. The second kappa shape index (κ2) is 7.68. The Balaban J connectivity index is 0.00000161. The summed E-state index contributed by atoms with van der Waals surface area (Å²) >= 11 is 0. The number of nitrogens with one attached hydrogen (secondary N) is 2. The molecule has 0 saturated carbocycles. The van der Waals surface area contributed by atoms with Crippen molar-refractivity contribution in [2.45, 2.75) is 19.3 Å². The molecule has 0 unspecified atom stereocenters. The lowest BCUT2D eigenvalue weighted by Gasteiger charge is -2.20. The minimum Gasteiger partial charge on any atom is -0.361 e. The van der Waals surface area contributed by atoms with Crippen LogP contribution in [0, 0.1) is 0 Å². The molecular weight excluding hydrogens is 375 g/mol. The van der Waals surface area contributed by atoms with E-state index in [-0.39, 0.29) is 24.0 Å². The van der Waals surface area contributed by atoms with Gasteiger partial charge in [-0.1, -0.05) is 18.2 Å². The van der Waals surface area contributed by atoms with Crippen molar-refractivity contribution in [3.05, 3.63) is 36.0 Å². The molecule has 2 N–H and O–H groups in total. The predicted molar refractivity (Wildman–Crippen MR) is 99.6 cm³/mol. The van der Waals surface area contributed by atoms with Crippen molar-refractivity contribution in [1.29, 1.82) is 0 Å². The summed E-state index contributed by atoms with van der Waals surface area (Å²) in [5, 5.41) is 4.80. The Morgan fingerprint density at radius 3 is 2.81 bits per heavy atom. The molecule has 0 spiro atoms. The lowest BCUT2D eigenvalue weighted by atomic mass is 10.1. The third kappa shape index (κ3) is 3.70. The number of hydrogen-bond donors (Lipinski definition) is 2. The fraction of sp³-hybridized carbons (Fsp3) is 0.438. The quantitative estimate of drug-likeness (QED) is 0.474. The summed E-state index contributed by atoms with van der Waals surface area (Å²) in [7, 11) is 1.87. The number of nitrogens with zero attached hydrogens (tertiary/aromatic N) is 2. The zero-order valence-electron chi connectivity index (χ0n) is 12.4. The highest BCUT2D eigenvalue weighted by Crippen LogP contribution is 2.17. The van der Waals surface area contributed by atoms with Gasteiger partial charge < -0.3 is 15.2 Å². The molecule has 1 saturated heterocycles. The molecule has 5 heteroatoms. The molecule has 114 valence electrons. The maximum Gasteiger partial charge on any atom is 0.193 e. The topological polar surface area (TPSA) is 43.4 Å². The molecule has 0 amide bonds. The van der Waals surface area contributed by atoms with Crippen LogP contribution < -0.4 is 5.32 Å². The summed E-state index contributed by atoms with van der Waals surface area (Å²) in [6.45, 7) is 3.19. The minimum atomic E-state index is 0. The van der Waals surface area contributed by atoms with Crippen molar-refractivity contribution in [1.82, 2.24) is 15.2 Å². The third-order valence-electron chi connectivity index (χ3n) is 3.97. The molecule has 1 fully saturated rings. The number of hydrogen-bond acceptors (Lipinski definition) is 1. The highest BCUT2D eigenvalue weighted by atomic mass is 127. The second-order valence-corrected chi connectivity index (χ2v) is 5.28. The van der Waals surface area contributed by atoms with Crippen molar-refractivity contribution in [3.8, 4) is 0 Å². The number of H-pyrrole nitrogens is 1. The molecule has 3 rings (SSSR count). The van der Waals surface area contributed by atoms with Gasteiger partial charge in [-0.2, -0.15) is 0 Å². The van der Waals surface area contributed by atoms with Crippen LogP contribution in [0.2, 0.25) is 0 Å². The first-order chi connectivity index (χ1) is 9.88. The van der Waals surface area contributed by atoms with E-state index in [1.54, 1.807) is 0 Å². The van der Waals surface area contributed by atoms with E-state index in [2.05, 4.69) is 50.7 Å². The van der Waals surface area contributed by atoms with Gasteiger partial charge in [0.15, 0.2) is 5.96 Å². The Morgan fingerprint density at radius 2 is 2.05 bits per heavy atom. The normalized spacial score (nSPS) is 15.3. The summed E-state index contributed by atoms with van der Waals surface area (Å²) in [6, 6.07) is 8.46. The van der Waals surface area contributed by atoms with Gasteiger partial charge in [0.25, 0.3) is 0 Å². The van der Waals surface area contributed by atoms with Crippen LogP contribution in [0.1, 0.15) is 18.4 Å². The smallest absolute Gasteiger partial charge is 0.193 e. The molecular formula is C16H23IN4. The van der Waals surface area contributed by atoms with Crippen LogP contribution in [-0.2, 0) is 6.42 Å². The molecule has 2 heterocycles. The van der Waals surface area contributed by atoms with Crippen LogP contribution in [0.25, 0.3) is 10.9 Å². The highest BCUT2D eigenvalue weighted by molar-refractivity contribution is 14.0. The molecule has 0 aliphatic carbocycles. The average Bonchev–Trinajstić information content (AvgIpc) is 3.14. The number of likely N-dealkylation sites (tertiary alicyclic amines) is 1. The van der Waals surface area contributed by atoms with E-state index in [0.717, 1.165) is 32.0 Å². The van der Waals surface area contributed by atoms with Gasteiger partial charge in [-0.3, -0.25) is 4.99 Å². The van der Waals surface area contributed by atoms with Gasteiger partial charge in [0.1, 0.15) is 0 Å². The van der Waals surface area contributed by atoms with E-state index >= 15 is 0 Å². The summed E-state index contributed by atoms with van der Waals surface area (Å²) in [6.07, 6.45) is 5.69. The van der Waals surface area contributed by atoms with Crippen molar-refractivity contribution >= 4 is 40.8 Å². The summed E-state index contributed by atoms with van der Waals surface area (Å²) in [5.41, 5.74) is 2.58. The van der Waals surface area contributed by atoms with Gasteiger partial charge in [-0.25, -0.2) is 0 Å². The van der Waals surface area contributed by atoms with Crippen molar-refractivity contribution in [2.75, 3.05) is 26.7 Å². The zero-order chi connectivity index (χ0) is 13.8. The Morgan fingerprint density at radius 1 is 1.29 bits per heavy atom. The lowest BCUT2D eigenvalue weighted by Crippen LogP contribution is -2.40. The number of aromatic amines is 1. The predicted octanol–water partition coefficient (Wildman–Crippen LogP) is 3.00. The van der Waals surface area contributed by atoms with Crippen molar-refractivity contribution in [2.24, 2.45) is 4.99 Å². The molecule has 0 bridgehead atoms. The Hall–Kier alpha value is -1.24. The number of halogens is 1. The second-order valence-electron chi connectivity index (χ2n) is 5.28. The summed E-state index contributed by atoms with van der Waals surface area (Å²) in [4.78, 5) is 10.0. The zero-order valence-corrected chi connectivity index (χ0v) is 14.8. The van der Waals surface area contributed by atoms with E-state index in [0.29, 0.717) is 0 Å². The molecule has 1 aromatic heterocycles. The van der Waals surface area contributed by atoms with E-state index in [9.17, 15) is 0 Å². The number of aromatic nitrogens is 1. The number of aliphatic imine (C=N–C) groups is 1. The number of fused-ring (bicyclic) bond motifs is 1. The van der Waals surface area contributed by atoms with Gasteiger partial charge in [0.2, 0.25) is 0 Å². The van der Waals surface area contributed by atoms with Crippen LogP contribution >= 0.6 is 24.0 Å². The van der Waals surface area contributed by atoms with Crippen LogP contribution in [0.4, 0.5) is 0 Å². The van der Waals surface area contributed by atoms with Gasteiger partial charge in [0.05, 0.1) is 0 Å². The van der Waals surface area contributed by atoms with Gasteiger partial charge in [0, 0.05) is 43.8 Å². The van der Waals surface area contributed by atoms with Crippen LogP contribution in [0.5, 0.6) is 0 Å². The first kappa shape index (κ1) is 16.1. The fourth-order valence-electron chi connectivity index (χ4n) is 2.91. The highest BCUT2D eigenvalue weighted by Gasteiger charge is 2.15. The lowest BCUT2D eigenvalue weighted by molar-refractivity contribution is 0.494. The van der Waals surface area contributed by atoms with Crippen LogP contribution in [-0.4, -0.2) is 42.5 Å². The maximum atomic E-state index is 4.37. The first-order valence-corrected chi connectivity index (χ1v) is 7.39. The number of guanidine groups is 1. The first-order valence-electron chi connectivity index (χ1n) is 7.39. The summed E-state index contributed by atoms with van der Waals surface area (Å²) in [5.74, 6) is 1.04. The SMILES string of the molecule is CN=C(NCCc1c[nH]c2ccccc12)N1CCCC1.I. The van der Waals surface area contributed by atoms with Gasteiger partial charge >= 0.3 is 0 Å². The minimum absolute atomic E-state index is 0. The van der Waals surface area contributed by atoms with Crippen molar-refractivity contribution in [3.63, 3.8) is 0 Å². The number of benzene rings is 1. The molecule has 21 heavy (non-hydrogen) atoms. The average molecular weight is 398 g/mol. The van der Waals surface area contributed by atoms with Crippen molar-refractivity contribution < 1.29 is 0 Å². The molecule has 1 aliphatic rings. The number of rotatable bonds is 3. The maximum absolute atomic E-state index is 4.37. The summed E-state index contributed by atoms with van der Waals surface area (Å²) < 4.78 is 0. The Kier molecular flexibility index (Phi) is 5.90. The van der Waals surface area contributed by atoms with E-state index in [1.807, 2.05) is 7.05 Å². The Bertz CT molecular complexity index is 599. The van der Waals surface area contributed by atoms with Gasteiger partial charge in [-0.05, 0) is 30.9 Å². The number of para-hydroxylation sites is 1. The van der Waals surface area contributed by atoms with Crippen LogP contribution in [0.15, 0.2) is 35.5 Å². The molecule has 4 nitrogen and oxygen atoms in total. The fourth-order valence-corrected chi connectivity index (χ4v) is 2.91. The molecule has 0 atom stereocenters. The molecule has 1 aromatic carbocycles. The van der Waals surface area contributed by atoms with E-state index < -0.39 is 0 Å². The van der Waals surface area contributed by atoms with E-state index in [4.69, 9.17) is 0 Å². The van der Waals surface area contributed by atoms with E-state index in [1.165, 1.54) is 29.3 Å².